The molecule has 0 aromatic rings. The Kier molecular flexibility index (Phi) is 35.9. The predicted octanol–water partition coefficient (Wildman–Crippen LogP) is 4.28. The number of carboxylic acid groups (broad SMARTS) is 2. The fraction of sp³-hybridized carbons (Fsp3) is 0.838. The molecule has 6 N–H and O–H groups in total. The van der Waals surface area contributed by atoms with Crippen LogP contribution in [0.2, 0.25) is 0 Å². The van der Waals surface area contributed by atoms with Gasteiger partial charge in [0.15, 0.2) is 0 Å². The van der Waals surface area contributed by atoms with Gasteiger partial charge in [0, 0.05) is 38.9 Å². The number of nitrogens with one attached hydrogen (secondary N) is 4. The van der Waals surface area contributed by atoms with E-state index in [2.05, 4.69) is 21.3 Å². The first-order valence-corrected chi connectivity index (χ1v) is 21.0. The number of carbonyl (C=O) groups excluding carboxylic acids is 4. The minimum atomic E-state index is -1.17. The molecule has 0 unspecified atom stereocenters. The minimum absolute atomic E-state index is 0.0110. The molecule has 0 radical (unpaired) electrons. The van der Waals surface area contributed by atoms with E-state index in [0.717, 1.165) is 38.5 Å². The number of unbranched alkanes of at least 4 members (excludes halogenated alkanes) is 15. The maximum Gasteiger partial charge on any atom is 0.326 e. The zero-order valence-corrected chi connectivity index (χ0v) is 33.9. The van der Waals surface area contributed by atoms with Crippen molar-refractivity contribution < 1.29 is 53.2 Å². The van der Waals surface area contributed by atoms with Crippen molar-refractivity contribution in [2.45, 2.75) is 134 Å². The Labute approximate surface area is 329 Å². The van der Waals surface area contributed by atoms with Crippen LogP contribution in [0.15, 0.2) is 0 Å². The third-order valence-electron chi connectivity index (χ3n) is 8.27. The summed E-state index contributed by atoms with van der Waals surface area (Å²) in [4.78, 5) is 69.4. The summed E-state index contributed by atoms with van der Waals surface area (Å²) in [5, 5.41) is 28.7. The quantitative estimate of drug-likeness (QED) is 0.0291. The molecule has 0 rings (SSSR count). The van der Waals surface area contributed by atoms with E-state index in [-0.39, 0.29) is 82.3 Å². The molecular formula is C37H67IN4O11. The van der Waals surface area contributed by atoms with Gasteiger partial charge in [-0.05, 0) is 19.3 Å². The van der Waals surface area contributed by atoms with Crippen LogP contribution in [-0.4, -0.2) is 116 Å². The van der Waals surface area contributed by atoms with E-state index in [0.29, 0.717) is 37.2 Å². The molecule has 16 heteroatoms. The smallest absolute Gasteiger partial charge is 0.326 e. The number of hydrogen-bond acceptors (Lipinski definition) is 9. The Hall–Kier alpha value is -2.57. The molecule has 0 aliphatic rings. The van der Waals surface area contributed by atoms with Gasteiger partial charge in [-0.2, -0.15) is 0 Å². The number of alkyl halides is 1. The summed E-state index contributed by atoms with van der Waals surface area (Å²) in [6, 6.07) is -1.12. The molecule has 308 valence electrons. The van der Waals surface area contributed by atoms with Crippen molar-refractivity contribution in [3.05, 3.63) is 0 Å². The summed E-state index contributed by atoms with van der Waals surface area (Å²) < 4.78 is 16.3. The number of halogens is 1. The first-order chi connectivity index (χ1) is 25.6. The first-order valence-electron chi connectivity index (χ1n) is 19.5. The third kappa shape index (κ3) is 37.5. The van der Waals surface area contributed by atoms with Gasteiger partial charge in [-0.3, -0.25) is 24.0 Å². The molecule has 4 amide bonds. The number of amides is 4. The summed E-state index contributed by atoms with van der Waals surface area (Å²) in [5.41, 5.74) is 0. The van der Waals surface area contributed by atoms with Crippen molar-refractivity contribution in [2.24, 2.45) is 0 Å². The van der Waals surface area contributed by atoms with Crippen LogP contribution < -0.4 is 21.3 Å². The van der Waals surface area contributed by atoms with E-state index in [4.69, 9.17) is 19.3 Å². The van der Waals surface area contributed by atoms with E-state index in [9.17, 15) is 33.9 Å². The van der Waals surface area contributed by atoms with E-state index in [1.165, 1.54) is 57.8 Å². The fourth-order valence-corrected chi connectivity index (χ4v) is 5.57. The van der Waals surface area contributed by atoms with E-state index in [1.54, 1.807) is 0 Å². The molecule has 53 heavy (non-hydrogen) atoms. The molecule has 0 bridgehead atoms. The van der Waals surface area contributed by atoms with Crippen LogP contribution in [0.25, 0.3) is 0 Å². The molecule has 0 aromatic carbocycles. The van der Waals surface area contributed by atoms with Crippen LogP contribution in [0.1, 0.15) is 128 Å². The highest BCUT2D eigenvalue weighted by Crippen LogP contribution is 2.14. The SMILES string of the molecule is O=C(O)CCCCCCCCCCCCCCCCCCC(=O)N[C@H](CCC(=O)NCCOCCOCC(=O)NCCOCCNC(=O)CI)C(=O)O. The number of aliphatic carboxylic acids is 2. The predicted molar refractivity (Wildman–Crippen MR) is 210 cm³/mol. The van der Waals surface area contributed by atoms with Crippen LogP contribution in [0.3, 0.4) is 0 Å². The minimum Gasteiger partial charge on any atom is -0.481 e. The van der Waals surface area contributed by atoms with Crippen molar-refractivity contribution in [2.75, 3.05) is 63.7 Å². The van der Waals surface area contributed by atoms with E-state index >= 15 is 0 Å². The normalized spacial score (nSPS) is 11.5. The van der Waals surface area contributed by atoms with Crippen molar-refractivity contribution in [1.82, 2.24) is 21.3 Å². The summed E-state index contributed by atoms with van der Waals surface area (Å²) in [7, 11) is 0. The zero-order valence-electron chi connectivity index (χ0n) is 31.7. The van der Waals surface area contributed by atoms with Gasteiger partial charge in [0.1, 0.15) is 12.6 Å². The van der Waals surface area contributed by atoms with Crippen molar-refractivity contribution in [3.8, 4) is 0 Å². The fourth-order valence-electron chi connectivity index (χ4n) is 5.30. The zero-order chi connectivity index (χ0) is 39.2. The van der Waals surface area contributed by atoms with Crippen LogP contribution in [0.4, 0.5) is 0 Å². The second-order valence-corrected chi connectivity index (χ2v) is 13.8. The number of carboxylic acids is 2. The molecule has 15 nitrogen and oxygen atoms in total. The van der Waals surface area contributed by atoms with Crippen LogP contribution in [0.5, 0.6) is 0 Å². The second-order valence-electron chi connectivity index (χ2n) is 13.0. The highest BCUT2D eigenvalue weighted by Gasteiger charge is 2.20. The second kappa shape index (κ2) is 37.7. The molecule has 1 atom stereocenters. The number of carbonyl (C=O) groups is 6. The Balaban J connectivity index is 3.65. The average Bonchev–Trinajstić information content (AvgIpc) is 3.12. The molecule has 0 aromatic heterocycles. The first kappa shape index (κ1) is 50.4. The van der Waals surface area contributed by atoms with Gasteiger partial charge in [-0.15, -0.1) is 0 Å². The van der Waals surface area contributed by atoms with Crippen LogP contribution in [-0.2, 0) is 43.0 Å². The number of rotatable bonds is 39. The monoisotopic (exact) mass is 870 g/mol. The molecule has 0 heterocycles. The van der Waals surface area contributed by atoms with Gasteiger partial charge < -0.3 is 45.7 Å². The third-order valence-corrected chi connectivity index (χ3v) is 8.96. The Morgan fingerprint density at radius 1 is 0.472 bits per heavy atom. The highest BCUT2D eigenvalue weighted by atomic mass is 127. The lowest BCUT2D eigenvalue weighted by Gasteiger charge is -2.14. The van der Waals surface area contributed by atoms with Gasteiger partial charge in [0.2, 0.25) is 23.6 Å². The highest BCUT2D eigenvalue weighted by molar-refractivity contribution is 14.1. The molecule has 0 fully saturated rings. The molecule has 0 aliphatic heterocycles. The van der Waals surface area contributed by atoms with E-state index in [1.807, 2.05) is 22.6 Å². The molecule has 0 saturated carbocycles. The molecule has 0 spiro atoms. The summed E-state index contributed by atoms with van der Waals surface area (Å²) in [6.45, 7) is 2.17. The summed E-state index contributed by atoms with van der Waals surface area (Å²) >= 11 is 1.97. The van der Waals surface area contributed by atoms with Gasteiger partial charge in [-0.25, -0.2) is 4.79 Å². The lowest BCUT2D eigenvalue weighted by atomic mass is 10.0. The van der Waals surface area contributed by atoms with Gasteiger partial charge in [-0.1, -0.05) is 112 Å². The van der Waals surface area contributed by atoms with Crippen LogP contribution in [0, 0.1) is 0 Å². The summed E-state index contributed by atoms with van der Waals surface area (Å²) in [5.74, 6) is -2.87. The maximum atomic E-state index is 12.3. The topological polar surface area (TPSA) is 219 Å². The molecular weight excluding hydrogens is 803 g/mol. The van der Waals surface area contributed by atoms with Gasteiger partial charge in [0.05, 0.1) is 37.5 Å². The Morgan fingerprint density at radius 2 is 0.887 bits per heavy atom. The average molecular weight is 871 g/mol. The summed E-state index contributed by atoms with van der Waals surface area (Å²) in [6.07, 6.45) is 18.4. The maximum absolute atomic E-state index is 12.3. The van der Waals surface area contributed by atoms with Crippen molar-refractivity contribution in [3.63, 3.8) is 0 Å². The van der Waals surface area contributed by atoms with Gasteiger partial charge >= 0.3 is 11.9 Å². The Bertz CT molecular complexity index is 990. The number of ether oxygens (including phenoxy) is 3. The lowest BCUT2D eigenvalue weighted by Crippen LogP contribution is -2.41. The van der Waals surface area contributed by atoms with Gasteiger partial charge in [0.25, 0.3) is 0 Å². The largest absolute Gasteiger partial charge is 0.481 e. The van der Waals surface area contributed by atoms with Crippen LogP contribution >= 0.6 is 22.6 Å². The number of hydrogen-bond donors (Lipinski definition) is 6. The standard InChI is InChI=1S/C37H67IN4O11/c38-29-34(45)40-22-24-51-25-23-41-35(46)30-53-28-27-52-26-21-39-32(43)20-19-31(37(49)50)42-33(44)17-15-13-11-9-7-5-3-1-2-4-6-8-10-12-14-16-18-36(47)48/h31H,1-30H2,(H,39,43)(H,40,45)(H,41,46)(H,42,44)(H,47,48)(H,49,50)/t31-/m1/s1. The Morgan fingerprint density at radius 3 is 1.36 bits per heavy atom. The lowest BCUT2D eigenvalue weighted by molar-refractivity contribution is -0.142. The molecule has 0 aliphatic carbocycles. The molecule has 0 saturated heterocycles. The van der Waals surface area contributed by atoms with E-state index < -0.39 is 18.0 Å². The van der Waals surface area contributed by atoms with Crippen molar-refractivity contribution >= 4 is 58.2 Å². The van der Waals surface area contributed by atoms with Crippen molar-refractivity contribution in [1.29, 1.82) is 0 Å².